The van der Waals surface area contributed by atoms with Crippen LogP contribution in [0.25, 0.3) is 0 Å². The molecule has 3 nitrogen and oxygen atoms in total. The lowest BCUT2D eigenvalue weighted by Gasteiger charge is -2.41. The number of nitrogens with zero attached hydrogens (tertiary/aromatic N) is 1. The molecule has 2 atom stereocenters. The number of thiol groups is 1. The lowest BCUT2D eigenvalue weighted by molar-refractivity contribution is 0.366. The third-order valence-electron chi connectivity index (χ3n) is 5.56. The Balaban J connectivity index is 0.000000269. The maximum Gasteiger partial charge on any atom is 0.118 e. The van der Waals surface area contributed by atoms with Crippen LogP contribution in [-0.2, 0) is 0 Å². The summed E-state index contributed by atoms with van der Waals surface area (Å²) in [5.74, 6) is 1.36. The number of ether oxygens (including phenoxy) is 1. The van der Waals surface area contributed by atoms with Crippen molar-refractivity contribution in [1.82, 2.24) is 0 Å². The average molecular weight is 510 g/mol. The molecule has 0 bridgehead atoms. The first-order chi connectivity index (χ1) is 15.4. The Morgan fingerprint density at radius 1 is 0.938 bits per heavy atom. The molecular weight excluding hydrogens is 483 g/mol. The maximum absolute atomic E-state index is 6.45. The van der Waals surface area contributed by atoms with Gasteiger partial charge in [0.1, 0.15) is 5.75 Å². The van der Waals surface area contributed by atoms with Crippen molar-refractivity contribution in [3.05, 3.63) is 87.4 Å². The molecule has 0 spiro atoms. The number of halogens is 3. The van der Waals surface area contributed by atoms with Crippen LogP contribution in [0, 0.1) is 5.92 Å². The Labute approximate surface area is 210 Å². The van der Waals surface area contributed by atoms with Crippen molar-refractivity contribution in [3.63, 3.8) is 0 Å². The minimum Gasteiger partial charge on any atom is -0.497 e. The predicted octanol–water partition coefficient (Wildman–Crippen LogP) is 7.55. The van der Waals surface area contributed by atoms with Gasteiger partial charge in [0.25, 0.3) is 0 Å². The largest absolute Gasteiger partial charge is 0.497 e. The molecule has 4 rings (SSSR count). The van der Waals surface area contributed by atoms with E-state index in [4.69, 9.17) is 45.3 Å². The Morgan fingerprint density at radius 2 is 1.59 bits per heavy atom. The summed E-state index contributed by atoms with van der Waals surface area (Å²) < 4.78 is 4.94. The van der Waals surface area contributed by atoms with Crippen LogP contribution < -0.4 is 15.4 Å². The average Bonchev–Trinajstić information content (AvgIpc) is 2.80. The zero-order chi connectivity index (χ0) is 23.1. The highest BCUT2D eigenvalue weighted by molar-refractivity contribution is 7.80. The van der Waals surface area contributed by atoms with E-state index in [0.29, 0.717) is 22.5 Å². The number of benzene rings is 3. The summed E-state index contributed by atoms with van der Waals surface area (Å²) in [5, 5.41) is 2.11. The number of hydrogen-bond acceptors (Lipinski definition) is 4. The molecular formula is C25H27Cl3N2OS. The van der Waals surface area contributed by atoms with Crippen molar-refractivity contribution in [2.45, 2.75) is 23.8 Å². The second-order valence-corrected chi connectivity index (χ2v) is 9.48. The summed E-state index contributed by atoms with van der Waals surface area (Å²) >= 11 is 22.6. The molecule has 1 fully saturated rings. The fraction of sp³-hybridized carbons (Fsp3) is 0.280. The van der Waals surface area contributed by atoms with Crippen LogP contribution in [0.15, 0.2) is 71.6 Å². The molecule has 1 saturated heterocycles. The van der Waals surface area contributed by atoms with Gasteiger partial charge in [0.05, 0.1) is 13.2 Å². The first kappa shape index (κ1) is 25.1. The van der Waals surface area contributed by atoms with E-state index >= 15 is 0 Å². The van der Waals surface area contributed by atoms with E-state index in [9.17, 15) is 0 Å². The molecule has 0 aromatic heterocycles. The minimum atomic E-state index is 0.226. The quantitative estimate of drug-likeness (QED) is 0.357. The van der Waals surface area contributed by atoms with Gasteiger partial charge in [0.15, 0.2) is 0 Å². The zero-order valence-electron chi connectivity index (χ0n) is 17.8. The van der Waals surface area contributed by atoms with Gasteiger partial charge in [0, 0.05) is 32.2 Å². The lowest BCUT2D eigenvalue weighted by atomic mass is 9.88. The molecule has 7 heteroatoms. The molecule has 3 aromatic carbocycles. The second-order valence-electron chi connectivity index (χ2n) is 7.69. The third kappa shape index (κ3) is 6.72. The topological polar surface area (TPSA) is 38.5 Å². The number of nitrogens with two attached hydrogens (primary N) is 1. The van der Waals surface area contributed by atoms with Crippen LogP contribution in [-0.4, -0.2) is 20.2 Å². The van der Waals surface area contributed by atoms with E-state index in [1.54, 1.807) is 7.11 Å². The molecule has 170 valence electrons. The molecule has 32 heavy (non-hydrogen) atoms. The smallest absolute Gasteiger partial charge is 0.118 e. The monoisotopic (exact) mass is 508 g/mol. The van der Waals surface area contributed by atoms with Crippen molar-refractivity contribution in [2.24, 2.45) is 11.7 Å². The zero-order valence-corrected chi connectivity index (χ0v) is 21.0. The number of anilines is 1. The standard InChI is InChI=1S/C18H19Cl3N2.C7H8OS/c19-13-2-5-15(6-3-13)23-11-12(10-22)1-8-18(23)16-7-4-14(20)9-17(16)21;1-8-6-2-4-7(9)5-3-6/h2-7,9,12,18H,1,8,10-11,22H2;2-5,9H,1H3. The predicted molar refractivity (Wildman–Crippen MR) is 140 cm³/mol. The Morgan fingerprint density at radius 3 is 2.19 bits per heavy atom. The highest BCUT2D eigenvalue weighted by atomic mass is 35.5. The van der Waals surface area contributed by atoms with Gasteiger partial charge in [-0.05, 0) is 91.5 Å². The highest BCUT2D eigenvalue weighted by Crippen LogP contribution is 2.40. The molecule has 1 heterocycles. The SMILES string of the molecule is COc1ccc(S)cc1.NCC1CCC(c2ccc(Cl)cc2Cl)N(c2ccc(Cl)cc2)C1. The number of hydrogen-bond donors (Lipinski definition) is 2. The van der Waals surface area contributed by atoms with Crippen LogP contribution in [0.4, 0.5) is 5.69 Å². The third-order valence-corrected chi connectivity index (χ3v) is 6.68. The minimum absolute atomic E-state index is 0.226. The van der Waals surface area contributed by atoms with E-state index < -0.39 is 0 Å². The van der Waals surface area contributed by atoms with Gasteiger partial charge >= 0.3 is 0 Å². The van der Waals surface area contributed by atoms with Crippen molar-refractivity contribution in [3.8, 4) is 5.75 Å². The fourth-order valence-electron chi connectivity index (χ4n) is 3.83. The van der Waals surface area contributed by atoms with E-state index in [-0.39, 0.29) is 6.04 Å². The Hall–Kier alpha value is -1.56. The van der Waals surface area contributed by atoms with Gasteiger partial charge < -0.3 is 15.4 Å². The van der Waals surface area contributed by atoms with Gasteiger partial charge in [-0.1, -0.05) is 40.9 Å². The molecule has 1 aliphatic heterocycles. The number of piperidine rings is 1. The summed E-state index contributed by atoms with van der Waals surface area (Å²) in [6.45, 7) is 1.62. The van der Waals surface area contributed by atoms with Gasteiger partial charge in [-0.25, -0.2) is 0 Å². The van der Waals surface area contributed by atoms with Crippen LogP contribution >= 0.6 is 47.4 Å². The second kappa shape index (κ2) is 12.1. The van der Waals surface area contributed by atoms with Gasteiger partial charge in [0.2, 0.25) is 0 Å². The van der Waals surface area contributed by atoms with Crippen LogP contribution in [0.1, 0.15) is 24.4 Å². The number of rotatable bonds is 4. The molecule has 0 radical (unpaired) electrons. The van der Waals surface area contributed by atoms with Gasteiger partial charge in [-0.15, -0.1) is 12.6 Å². The molecule has 3 aromatic rings. The normalized spacial score (nSPS) is 18.0. The first-order valence-corrected chi connectivity index (χ1v) is 12.0. The fourth-order valence-corrected chi connectivity index (χ4v) is 4.64. The van der Waals surface area contributed by atoms with Gasteiger partial charge in [-0.2, -0.15) is 0 Å². The summed E-state index contributed by atoms with van der Waals surface area (Å²) in [7, 11) is 1.65. The van der Waals surface area contributed by atoms with E-state index in [1.165, 1.54) is 0 Å². The number of methoxy groups -OCH3 is 1. The summed E-state index contributed by atoms with van der Waals surface area (Å²) in [5.41, 5.74) is 8.16. The molecule has 0 saturated carbocycles. The van der Waals surface area contributed by atoms with E-state index in [1.807, 2.05) is 54.6 Å². The van der Waals surface area contributed by atoms with E-state index in [0.717, 1.165) is 46.3 Å². The van der Waals surface area contributed by atoms with E-state index in [2.05, 4.69) is 29.7 Å². The Kier molecular flexibility index (Phi) is 9.45. The molecule has 1 aliphatic rings. The molecule has 0 amide bonds. The first-order valence-electron chi connectivity index (χ1n) is 10.4. The van der Waals surface area contributed by atoms with Crippen molar-refractivity contribution < 1.29 is 4.74 Å². The van der Waals surface area contributed by atoms with Crippen molar-refractivity contribution in [2.75, 3.05) is 25.1 Å². The molecule has 2 unspecified atom stereocenters. The van der Waals surface area contributed by atoms with Crippen molar-refractivity contribution in [1.29, 1.82) is 0 Å². The molecule has 0 aliphatic carbocycles. The van der Waals surface area contributed by atoms with Crippen LogP contribution in [0.5, 0.6) is 5.75 Å². The van der Waals surface area contributed by atoms with Crippen LogP contribution in [0.2, 0.25) is 15.1 Å². The highest BCUT2D eigenvalue weighted by Gasteiger charge is 2.30. The van der Waals surface area contributed by atoms with Crippen LogP contribution in [0.3, 0.4) is 0 Å². The summed E-state index contributed by atoms with van der Waals surface area (Å²) in [6, 6.07) is 21.5. The molecule has 2 N–H and O–H groups in total. The Bertz CT molecular complexity index is 999. The maximum atomic E-state index is 6.45. The summed E-state index contributed by atoms with van der Waals surface area (Å²) in [6.07, 6.45) is 2.12. The van der Waals surface area contributed by atoms with Crippen molar-refractivity contribution >= 4 is 53.1 Å². The lowest BCUT2D eigenvalue weighted by Crippen LogP contribution is -2.40. The summed E-state index contributed by atoms with van der Waals surface area (Å²) in [4.78, 5) is 3.34. The van der Waals surface area contributed by atoms with Gasteiger partial charge in [-0.3, -0.25) is 0 Å².